The van der Waals surface area contributed by atoms with Crippen molar-refractivity contribution in [3.63, 3.8) is 0 Å². The van der Waals surface area contributed by atoms with Gasteiger partial charge in [0.05, 0.1) is 6.61 Å². The molecule has 2 nitrogen and oxygen atoms in total. The average Bonchev–Trinajstić information content (AvgIpc) is 2.80. The van der Waals surface area contributed by atoms with Gasteiger partial charge >= 0.3 is 5.97 Å². The van der Waals surface area contributed by atoms with E-state index in [1.807, 2.05) is 0 Å². The monoisotopic (exact) mass is 473 g/mol. The van der Waals surface area contributed by atoms with Crippen LogP contribution in [0.4, 0.5) is 0 Å². The first-order valence-electron chi connectivity index (χ1n) is 14.6. The number of ether oxygens (including phenoxy) is 1. The standard InChI is InChI=1S/C30H58O2.Na/c1-3-5-7-9-11-13-14-15-16-17-18-19-21-23-25-27-29-32-30(31)28-26-24-22-20-12-10-8-6-4-2;/h15-16H,3-14,17-29H2,1-2H3;. The molecule has 0 amide bonds. The molecule has 0 aromatic heterocycles. The molecule has 0 heterocycles. The van der Waals surface area contributed by atoms with Gasteiger partial charge in [0.25, 0.3) is 0 Å². The Labute approximate surface area is 230 Å². The van der Waals surface area contributed by atoms with Crippen molar-refractivity contribution in [3.8, 4) is 0 Å². The zero-order valence-electron chi connectivity index (χ0n) is 23.1. The second-order valence-electron chi connectivity index (χ2n) is 9.74. The van der Waals surface area contributed by atoms with E-state index < -0.39 is 0 Å². The topological polar surface area (TPSA) is 26.3 Å². The maximum Gasteiger partial charge on any atom is 0.305 e. The molecule has 0 spiro atoms. The van der Waals surface area contributed by atoms with Crippen LogP contribution in [-0.4, -0.2) is 42.1 Å². The fourth-order valence-corrected chi connectivity index (χ4v) is 4.19. The molecule has 0 aliphatic heterocycles. The van der Waals surface area contributed by atoms with Gasteiger partial charge in [-0.1, -0.05) is 135 Å². The maximum absolute atomic E-state index is 11.8. The van der Waals surface area contributed by atoms with Gasteiger partial charge in [0, 0.05) is 36.0 Å². The molecule has 0 N–H and O–H groups in total. The molecule has 0 unspecified atom stereocenters. The van der Waals surface area contributed by atoms with E-state index in [0.29, 0.717) is 13.0 Å². The largest absolute Gasteiger partial charge is 0.466 e. The van der Waals surface area contributed by atoms with Crippen LogP contribution < -0.4 is 0 Å². The summed E-state index contributed by atoms with van der Waals surface area (Å²) < 4.78 is 5.39. The summed E-state index contributed by atoms with van der Waals surface area (Å²) in [6, 6.07) is 0. The number of unbranched alkanes of at least 4 members (excludes halogenated alkanes) is 20. The summed E-state index contributed by atoms with van der Waals surface area (Å²) in [5.41, 5.74) is 0. The average molecular weight is 474 g/mol. The third-order valence-electron chi connectivity index (χ3n) is 6.40. The third-order valence-corrected chi connectivity index (χ3v) is 6.40. The first-order chi connectivity index (χ1) is 15.8. The van der Waals surface area contributed by atoms with Crippen molar-refractivity contribution in [2.75, 3.05) is 6.61 Å². The zero-order chi connectivity index (χ0) is 23.4. The Bertz CT molecular complexity index is 395. The van der Waals surface area contributed by atoms with Gasteiger partial charge in [0.1, 0.15) is 0 Å². The number of allylic oxidation sites excluding steroid dienone is 2. The van der Waals surface area contributed by atoms with Gasteiger partial charge in [-0.2, -0.15) is 0 Å². The van der Waals surface area contributed by atoms with Crippen molar-refractivity contribution in [1.29, 1.82) is 0 Å². The minimum Gasteiger partial charge on any atom is -0.466 e. The van der Waals surface area contributed by atoms with Crippen LogP contribution in [-0.2, 0) is 9.53 Å². The van der Waals surface area contributed by atoms with Crippen molar-refractivity contribution in [3.05, 3.63) is 12.2 Å². The van der Waals surface area contributed by atoms with E-state index in [-0.39, 0.29) is 35.5 Å². The molecule has 0 saturated heterocycles. The zero-order valence-corrected chi connectivity index (χ0v) is 25.1. The Morgan fingerprint density at radius 3 is 1.33 bits per heavy atom. The minimum atomic E-state index is 0. The van der Waals surface area contributed by atoms with Gasteiger partial charge in [0.2, 0.25) is 0 Å². The molecule has 191 valence electrons. The van der Waals surface area contributed by atoms with E-state index >= 15 is 0 Å². The molecule has 3 heteroatoms. The van der Waals surface area contributed by atoms with Gasteiger partial charge in [-0.3, -0.25) is 4.79 Å². The molecule has 0 aliphatic carbocycles. The van der Waals surface area contributed by atoms with Crippen LogP contribution in [0.5, 0.6) is 0 Å². The third kappa shape index (κ3) is 32.2. The van der Waals surface area contributed by atoms with Crippen LogP contribution in [0.3, 0.4) is 0 Å². The molecule has 0 rings (SSSR count). The van der Waals surface area contributed by atoms with Crippen molar-refractivity contribution >= 4 is 35.5 Å². The summed E-state index contributed by atoms with van der Waals surface area (Å²) >= 11 is 0. The first-order valence-corrected chi connectivity index (χ1v) is 14.6. The minimum absolute atomic E-state index is 0. The van der Waals surface area contributed by atoms with E-state index in [2.05, 4.69) is 26.0 Å². The first kappa shape index (κ1) is 35.4. The molecule has 0 aliphatic rings. The SMILES string of the molecule is CCCCCCCCC=CCCCCCCCCOC(=O)CCCCCCCCCCC.[Na]. The van der Waals surface area contributed by atoms with Gasteiger partial charge < -0.3 is 4.74 Å². The number of hydrogen-bond acceptors (Lipinski definition) is 2. The summed E-state index contributed by atoms with van der Waals surface area (Å²) in [6.45, 7) is 5.16. The Morgan fingerprint density at radius 1 is 0.515 bits per heavy atom. The van der Waals surface area contributed by atoms with Gasteiger partial charge in [-0.25, -0.2) is 0 Å². The number of esters is 1. The molecule has 0 atom stereocenters. The maximum atomic E-state index is 11.8. The van der Waals surface area contributed by atoms with Crippen molar-refractivity contribution < 1.29 is 9.53 Å². The predicted octanol–water partition coefficient (Wildman–Crippen LogP) is 10.1. The molecule has 0 saturated carbocycles. The normalized spacial score (nSPS) is 11.1. The van der Waals surface area contributed by atoms with E-state index in [4.69, 9.17) is 4.74 Å². The molecule has 0 bridgehead atoms. The quantitative estimate of drug-likeness (QED) is 0.0540. The molecule has 33 heavy (non-hydrogen) atoms. The van der Waals surface area contributed by atoms with Gasteiger partial charge in [0.15, 0.2) is 0 Å². The molecular formula is C30H58NaO2. The van der Waals surface area contributed by atoms with E-state index in [1.165, 1.54) is 135 Å². The number of carbonyl (C=O) groups is 1. The summed E-state index contributed by atoms with van der Waals surface area (Å²) in [4.78, 5) is 11.8. The Morgan fingerprint density at radius 2 is 0.879 bits per heavy atom. The fourth-order valence-electron chi connectivity index (χ4n) is 4.19. The van der Waals surface area contributed by atoms with Gasteiger partial charge in [-0.15, -0.1) is 0 Å². The second kappa shape index (κ2) is 32.2. The Kier molecular flexibility index (Phi) is 34.5. The van der Waals surface area contributed by atoms with E-state index in [1.54, 1.807) is 0 Å². The van der Waals surface area contributed by atoms with E-state index in [9.17, 15) is 4.79 Å². The Balaban J connectivity index is 0. The number of hydrogen-bond donors (Lipinski definition) is 0. The molecule has 0 aromatic carbocycles. The fraction of sp³-hybridized carbons (Fsp3) is 0.900. The summed E-state index contributed by atoms with van der Waals surface area (Å²) in [7, 11) is 0. The van der Waals surface area contributed by atoms with Crippen molar-refractivity contribution in [2.45, 2.75) is 168 Å². The predicted molar refractivity (Wildman–Crippen MR) is 148 cm³/mol. The molecule has 0 aromatic rings. The second-order valence-corrected chi connectivity index (χ2v) is 9.74. The van der Waals surface area contributed by atoms with Crippen LogP contribution in [0.1, 0.15) is 168 Å². The van der Waals surface area contributed by atoms with E-state index in [0.717, 1.165) is 12.8 Å². The molecular weight excluding hydrogens is 415 g/mol. The van der Waals surface area contributed by atoms with Crippen LogP contribution in [0, 0.1) is 0 Å². The van der Waals surface area contributed by atoms with Crippen LogP contribution in [0.15, 0.2) is 12.2 Å². The van der Waals surface area contributed by atoms with Crippen LogP contribution >= 0.6 is 0 Å². The number of rotatable bonds is 26. The van der Waals surface area contributed by atoms with Crippen molar-refractivity contribution in [2.24, 2.45) is 0 Å². The molecule has 0 fully saturated rings. The number of carbonyl (C=O) groups excluding carboxylic acids is 1. The van der Waals surface area contributed by atoms with Gasteiger partial charge in [-0.05, 0) is 38.5 Å². The van der Waals surface area contributed by atoms with Crippen molar-refractivity contribution in [1.82, 2.24) is 0 Å². The summed E-state index contributed by atoms with van der Waals surface area (Å²) in [5.74, 6) is 0.0145. The smallest absolute Gasteiger partial charge is 0.305 e. The van der Waals surface area contributed by atoms with Crippen LogP contribution in [0.25, 0.3) is 0 Å². The van der Waals surface area contributed by atoms with Crippen LogP contribution in [0.2, 0.25) is 0 Å². The molecule has 1 radical (unpaired) electrons. The summed E-state index contributed by atoms with van der Waals surface area (Å²) in [5, 5.41) is 0. The summed E-state index contributed by atoms with van der Waals surface area (Å²) in [6.07, 6.45) is 35.3. The Hall–Kier alpha value is 0.210.